The van der Waals surface area contributed by atoms with Gasteiger partial charge in [0, 0.05) is 11.9 Å². The van der Waals surface area contributed by atoms with Crippen LogP contribution in [0.4, 0.5) is 17.1 Å². The topological polar surface area (TPSA) is 60.2 Å². The van der Waals surface area contributed by atoms with Crippen LogP contribution in [0, 0.1) is 0 Å². The number of anilines is 3. The Morgan fingerprint density at radius 3 is 2.82 bits per heavy atom. The average molecular weight is 294 g/mol. The van der Waals surface area contributed by atoms with Crippen LogP contribution in [0.3, 0.4) is 0 Å². The van der Waals surface area contributed by atoms with Gasteiger partial charge in [-0.15, -0.1) is 0 Å². The number of hydrogen-bond acceptors (Lipinski definition) is 4. The van der Waals surface area contributed by atoms with E-state index in [-0.39, 0.29) is 0 Å². The minimum Gasteiger partial charge on any atom is -0.496 e. The second-order valence-electron chi connectivity index (χ2n) is 3.44. The fourth-order valence-corrected chi connectivity index (χ4v) is 1.96. The molecule has 0 aliphatic rings. The van der Waals surface area contributed by atoms with Crippen LogP contribution in [0.2, 0.25) is 0 Å². The summed E-state index contributed by atoms with van der Waals surface area (Å²) in [6.07, 6.45) is 3.30. The van der Waals surface area contributed by atoms with E-state index in [0.29, 0.717) is 5.69 Å². The Kier molecular flexibility index (Phi) is 3.49. The monoisotopic (exact) mass is 293 g/mol. The minimum absolute atomic E-state index is 0.611. The molecule has 17 heavy (non-hydrogen) atoms. The van der Waals surface area contributed by atoms with Crippen molar-refractivity contribution in [3.8, 4) is 5.75 Å². The highest BCUT2D eigenvalue weighted by atomic mass is 79.9. The van der Waals surface area contributed by atoms with Gasteiger partial charge in [0.15, 0.2) is 0 Å². The van der Waals surface area contributed by atoms with Gasteiger partial charge in [-0.3, -0.25) is 4.98 Å². The summed E-state index contributed by atoms with van der Waals surface area (Å²) in [5.41, 5.74) is 8.17. The lowest BCUT2D eigenvalue weighted by Crippen LogP contribution is -1.97. The molecule has 2 aromatic rings. The summed E-state index contributed by atoms with van der Waals surface area (Å²) in [5, 5.41) is 3.21. The number of pyridine rings is 1. The molecule has 0 aliphatic carbocycles. The van der Waals surface area contributed by atoms with E-state index in [2.05, 4.69) is 26.2 Å². The Balaban J connectivity index is 2.25. The number of aromatic nitrogens is 1. The summed E-state index contributed by atoms with van der Waals surface area (Å²) in [7, 11) is 1.63. The molecule has 0 aliphatic heterocycles. The minimum atomic E-state index is 0.611. The third kappa shape index (κ3) is 2.68. The van der Waals surface area contributed by atoms with Crippen LogP contribution < -0.4 is 15.8 Å². The highest BCUT2D eigenvalue weighted by Crippen LogP contribution is 2.30. The Hall–Kier alpha value is -1.75. The number of ether oxygens (including phenoxy) is 1. The summed E-state index contributed by atoms with van der Waals surface area (Å²) in [6, 6.07) is 7.55. The van der Waals surface area contributed by atoms with E-state index in [9.17, 15) is 0 Å². The lowest BCUT2D eigenvalue weighted by Gasteiger charge is -2.10. The fraction of sp³-hybridized carbons (Fsp3) is 0.0833. The number of halogens is 1. The van der Waals surface area contributed by atoms with Gasteiger partial charge >= 0.3 is 0 Å². The smallest absolute Gasteiger partial charge is 0.133 e. The van der Waals surface area contributed by atoms with E-state index < -0.39 is 0 Å². The summed E-state index contributed by atoms with van der Waals surface area (Å²) in [6.45, 7) is 0. The van der Waals surface area contributed by atoms with Crippen molar-refractivity contribution in [1.82, 2.24) is 4.98 Å². The predicted octanol–water partition coefficient (Wildman–Crippen LogP) is 3.18. The zero-order valence-electron chi connectivity index (χ0n) is 9.27. The van der Waals surface area contributed by atoms with Gasteiger partial charge in [0.2, 0.25) is 0 Å². The first-order valence-electron chi connectivity index (χ1n) is 5.01. The molecule has 0 radical (unpaired) electrons. The molecule has 1 aromatic heterocycles. The van der Waals surface area contributed by atoms with Gasteiger partial charge in [-0.25, -0.2) is 0 Å². The van der Waals surface area contributed by atoms with Gasteiger partial charge in [0.05, 0.1) is 29.2 Å². The Bertz CT molecular complexity index is 531. The molecule has 1 heterocycles. The number of nitrogens with zero attached hydrogens (tertiary/aromatic N) is 1. The molecule has 2 rings (SSSR count). The number of rotatable bonds is 3. The summed E-state index contributed by atoms with van der Waals surface area (Å²) in [4.78, 5) is 3.94. The fourth-order valence-electron chi connectivity index (χ4n) is 1.42. The molecule has 3 N–H and O–H groups in total. The van der Waals surface area contributed by atoms with Crippen molar-refractivity contribution in [2.45, 2.75) is 0 Å². The van der Waals surface area contributed by atoms with E-state index in [0.717, 1.165) is 21.6 Å². The van der Waals surface area contributed by atoms with E-state index in [1.807, 2.05) is 24.3 Å². The van der Waals surface area contributed by atoms with Gasteiger partial charge in [-0.2, -0.15) is 0 Å². The number of nitrogens with two attached hydrogens (primary N) is 1. The maximum absolute atomic E-state index is 5.80. The molecule has 0 bridgehead atoms. The van der Waals surface area contributed by atoms with Gasteiger partial charge in [0.1, 0.15) is 5.75 Å². The molecule has 4 nitrogen and oxygen atoms in total. The number of nitrogens with one attached hydrogen (secondary N) is 1. The molecule has 0 saturated heterocycles. The van der Waals surface area contributed by atoms with Crippen molar-refractivity contribution in [1.29, 1.82) is 0 Å². The number of benzene rings is 1. The Morgan fingerprint density at radius 1 is 1.35 bits per heavy atom. The zero-order valence-corrected chi connectivity index (χ0v) is 10.9. The number of methoxy groups -OCH3 is 1. The molecule has 0 saturated carbocycles. The largest absolute Gasteiger partial charge is 0.496 e. The van der Waals surface area contributed by atoms with Crippen molar-refractivity contribution in [2.75, 3.05) is 18.2 Å². The quantitative estimate of drug-likeness (QED) is 0.912. The molecule has 0 unspecified atom stereocenters. The van der Waals surface area contributed by atoms with Crippen molar-refractivity contribution >= 4 is 33.0 Å². The molecule has 0 amide bonds. The van der Waals surface area contributed by atoms with Crippen molar-refractivity contribution in [3.63, 3.8) is 0 Å². The van der Waals surface area contributed by atoms with Crippen LogP contribution in [0.5, 0.6) is 5.75 Å². The number of nitrogen functional groups attached to an aromatic ring is 1. The van der Waals surface area contributed by atoms with Crippen molar-refractivity contribution < 1.29 is 4.74 Å². The first-order chi connectivity index (χ1) is 8.20. The lowest BCUT2D eigenvalue weighted by molar-refractivity contribution is 0.412. The lowest BCUT2D eigenvalue weighted by atomic mass is 10.2. The van der Waals surface area contributed by atoms with Crippen LogP contribution in [0.15, 0.2) is 41.1 Å². The standard InChI is InChI=1S/C12H12BrN3O/c1-17-12-3-2-8(6-9(12)13)16-11-4-5-15-7-10(11)14/h2-7H,14H2,1H3,(H,15,16). The van der Waals surface area contributed by atoms with Crippen LogP contribution >= 0.6 is 15.9 Å². The average Bonchev–Trinajstić information content (AvgIpc) is 2.32. The predicted molar refractivity (Wildman–Crippen MR) is 72.6 cm³/mol. The maximum Gasteiger partial charge on any atom is 0.133 e. The van der Waals surface area contributed by atoms with Crippen molar-refractivity contribution in [2.24, 2.45) is 0 Å². The van der Waals surface area contributed by atoms with Gasteiger partial charge in [-0.1, -0.05) is 0 Å². The first kappa shape index (κ1) is 11.7. The molecule has 5 heteroatoms. The number of hydrogen-bond donors (Lipinski definition) is 2. The summed E-state index contributed by atoms with van der Waals surface area (Å²) in [5.74, 6) is 0.790. The highest BCUT2D eigenvalue weighted by molar-refractivity contribution is 9.10. The third-order valence-corrected chi connectivity index (χ3v) is 2.90. The van der Waals surface area contributed by atoms with E-state index in [4.69, 9.17) is 10.5 Å². The van der Waals surface area contributed by atoms with E-state index in [1.165, 1.54) is 0 Å². The molecule has 0 fully saturated rings. The maximum atomic E-state index is 5.80. The normalized spacial score (nSPS) is 10.0. The molecular formula is C12H12BrN3O. The van der Waals surface area contributed by atoms with Crippen LogP contribution in [0.25, 0.3) is 0 Å². The SMILES string of the molecule is COc1ccc(Nc2ccncc2N)cc1Br. The Labute approximate surface area is 108 Å². The van der Waals surface area contributed by atoms with Crippen LogP contribution in [0.1, 0.15) is 0 Å². The highest BCUT2D eigenvalue weighted by Gasteiger charge is 2.03. The van der Waals surface area contributed by atoms with Gasteiger partial charge in [0.25, 0.3) is 0 Å². The second kappa shape index (κ2) is 5.05. The molecular weight excluding hydrogens is 282 g/mol. The van der Waals surface area contributed by atoms with E-state index in [1.54, 1.807) is 19.5 Å². The molecule has 0 atom stereocenters. The zero-order chi connectivity index (χ0) is 12.3. The van der Waals surface area contributed by atoms with Crippen molar-refractivity contribution in [3.05, 3.63) is 41.1 Å². The van der Waals surface area contributed by atoms with Crippen LogP contribution in [-0.2, 0) is 0 Å². The Morgan fingerprint density at radius 2 is 2.18 bits per heavy atom. The molecule has 88 valence electrons. The second-order valence-corrected chi connectivity index (χ2v) is 4.29. The first-order valence-corrected chi connectivity index (χ1v) is 5.80. The van der Waals surface area contributed by atoms with Crippen LogP contribution in [-0.4, -0.2) is 12.1 Å². The summed E-state index contributed by atoms with van der Waals surface area (Å²) < 4.78 is 6.05. The third-order valence-electron chi connectivity index (χ3n) is 2.28. The molecule has 1 aromatic carbocycles. The molecule has 0 spiro atoms. The van der Waals surface area contributed by atoms with Gasteiger partial charge in [-0.05, 0) is 40.2 Å². The van der Waals surface area contributed by atoms with E-state index >= 15 is 0 Å². The summed E-state index contributed by atoms with van der Waals surface area (Å²) >= 11 is 3.43. The van der Waals surface area contributed by atoms with Gasteiger partial charge < -0.3 is 15.8 Å².